The quantitative estimate of drug-likeness (QED) is 0.644. The number of carbonyl (C=O) groups excluding carboxylic acids is 1. The van der Waals surface area contributed by atoms with Crippen LogP contribution in [0.2, 0.25) is 0 Å². The van der Waals surface area contributed by atoms with Crippen LogP contribution in [0.25, 0.3) is 0 Å². The van der Waals surface area contributed by atoms with E-state index in [1.54, 1.807) is 18.2 Å². The van der Waals surface area contributed by atoms with Gasteiger partial charge in [0, 0.05) is 17.8 Å². The molecule has 0 aliphatic rings. The van der Waals surface area contributed by atoms with Crippen molar-refractivity contribution in [3.05, 3.63) is 58.1 Å². The molecule has 0 fully saturated rings. The van der Waals surface area contributed by atoms with Crippen LogP contribution in [0.5, 0.6) is 11.5 Å². The Balaban J connectivity index is 1.99. The Labute approximate surface area is 137 Å². The number of nitrogens with zero attached hydrogens (tertiary/aromatic N) is 2. The van der Waals surface area contributed by atoms with Crippen molar-refractivity contribution in [2.75, 3.05) is 19.0 Å². The summed E-state index contributed by atoms with van der Waals surface area (Å²) in [6.07, 6.45) is 0. The highest BCUT2D eigenvalue weighted by atomic mass is 16.6. The first-order chi connectivity index (χ1) is 11.5. The highest BCUT2D eigenvalue weighted by molar-refractivity contribution is 5.92. The van der Waals surface area contributed by atoms with Crippen molar-refractivity contribution in [3.63, 3.8) is 0 Å². The molecule has 2 aromatic rings. The van der Waals surface area contributed by atoms with E-state index in [0.29, 0.717) is 11.3 Å². The Kier molecular flexibility index (Phi) is 5.31. The predicted molar refractivity (Wildman–Crippen MR) is 84.9 cm³/mol. The molecule has 1 amide bonds. The minimum atomic E-state index is -0.572. The second kappa shape index (κ2) is 7.60. The van der Waals surface area contributed by atoms with Crippen LogP contribution >= 0.6 is 0 Å². The van der Waals surface area contributed by atoms with Crippen LogP contribution in [0.3, 0.4) is 0 Å². The zero-order chi connectivity index (χ0) is 17.5. The van der Waals surface area contributed by atoms with Crippen molar-refractivity contribution in [1.29, 1.82) is 5.26 Å². The monoisotopic (exact) mass is 327 g/mol. The third kappa shape index (κ3) is 4.20. The summed E-state index contributed by atoms with van der Waals surface area (Å²) < 4.78 is 10.2. The van der Waals surface area contributed by atoms with Gasteiger partial charge in [-0.15, -0.1) is 0 Å². The van der Waals surface area contributed by atoms with Gasteiger partial charge in [0.25, 0.3) is 5.91 Å². The molecular formula is C16H13N3O5. The molecule has 24 heavy (non-hydrogen) atoms. The van der Waals surface area contributed by atoms with Crippen LogP contribution in [0.15, 0.2) is 42.5 Å². The van der Waals surface area contributed by atoms with Crippen LogP contribution in [0.4, 0.5) is 11.4 Å². The number of nitrogens with one attached hydrogen (secondary N) is 1. The first-order valence-corrected chi connectivity index (χ1v) is 6.78. The fraction of sp³-hybridized carbons (Fsp3) is 0.125. The van der Waals surface area contributed by atoms with E-state index >= 15 is 0 Å². The van der Waals surface area contributed by atoms with Gasteiger partial charge in [-0.1, -0.05) is 6.07 Å². The molecule has 1 N–H and O–H groups in total. The number of hydrogen-bond acceptors (Lipinski definition) is 6. The summed E-state index contributed by atoms with van der Waals surface area (Å²) in [5.41, 5.74) is 0.709. The van der Waals surface area contributed by atoms with Crippen LogP contribution in [-0.2, 0) is 4.79 Å². The molecule has 0 saturated carbocycles. The number of rotatable bonds is 6. The van der Waals surface area contributed by atoms with Gasteiger partial charge in [0.15, 0.2) is 6.61 Å². The summed E-state index contributed by atoms with van der Waals surface area (Å²) >= 11 is 0. The first-order valence-electron chi connectivity index (χ1n) is 6.78. The molecule has 0 atom stereocenters. The van der Waals surface area contributed by atoms with Gasteiger partial charge < -0.3 is 14.8 Å². The maximum absolute atomic E-state index is 11.9. The van der Waals surface area contributed by atoms with E-state index in [2.05, 4.69) is 5.32 Å². The molecule has 0 aliphatic heterocycles. The number of hydrogen-bond donors (Lipinski definition) is 1. The van der Waals surface area contributed by atoms with Crippen molar-refractivity contribution in [3.8, 4) is 17.6 Å². The van der Waals surface area contributed by atoms with E-state index in [9.17, 15) is 14.9 Å². The van der Waals surface area contributed by atoms with Crippen LogP contribution in [0, 0.1) is 21.4 Å². The van der Waals surface area contributed by atoms with Gasteiger partial charge in [-0.3, -0.25) is 14.9 Å². The van der Waals surface area contributed by atoms with Gasteiger partial charge in [0.2, 0.25) is 5.75 Å². The van der Waals surface area contributed by atoms with Gasteiger partial charge >= 0.3 is 5.69 Å². The van der Waals surface area contributed by atoms with Crippen molar-refractivity contribution < 1.29 is 19.2 Å². The number of ether oxygens (including phenoxy) is 2. The number of methoxy groups -OCH3 is 1. The molecule has 2 rings (SSSR count). The maximum Gasteiger partial charge on any atom is 0.311 e. The molecule has 0 aliphatic carbocycles. The lowest BCUT2D eigenvalue weighted by atomic mass is 10.2. The molecule has 0 unspecified atom stereocenters. The van der Waals surface area contributed by atoms with Gasteiger partial charge in [0.1, 0.15) is 5.75 Å². The van der Waals surface area contributed by atoms with Crippen molar-refractivity contribution in [1.82, 2.24) is 0 Å². The summed E-state index contributed by atoms with van der Waals surface area (Å²) in [5.74, 6) is -0.125. The van der Waals surface area contributed by atoms with Gasteiger partial charge in [-0.25, -0.2) is 0 Å². The van der Waals surface area contributed by atoms with Gasteiger partial charge in [-0.2, -0.15) is 5.26 Å². The second-order valence-corrected chi connectivity index (χ2v) is 4.62. The number of nitro groups is 1. The van der Waals surface area contributed by atoms with Crippen LogP contribution < -0.4 is 14.8 Å². The molecule has 0 heterocycles. The number of nitro benzene ring substituents is 1. The zero-order valence-electron chi connectivity index (χ0n) is 12.7. The summed E-state index contributed by atoms with van der Waals surface area (Å²) in [7, 11) is 1.31. The normalized spacial score (nSPS) is 9.67. The van der Waals surface area contributed by atoms with Crippen LogP contribution in [0.1, 0.15) is 5.56 Å². The predicted octanol–water partition coefficient (Wildman–Crippen LogP) is 2.49. The topological polar surface area (TPSA) is 114 Å². The largest absolute Gasteiger partial charge is 0.490 e. The molecule has 0 radical (unpaired) electrons. The van der Waals surface area contributed by atoms with E-state index in [-0.39, 0.29) is 23.8 Å². The number of carbonyl (C=O) groups is 1. The third-order valence-corrected chi connectivity index (χ3v) is 2.99. The molecule has 2 aromatic carbocycles. The fourth-order valence-electron chi connectivity index (χ4n) is 1.91. The second-order valence-electron chi connectivity index (χ2n) is 4.62. The van der Waals surface area contributed by atoms with E-state index < -0.39 is 10.8 Å². The van der Waals surface area contributed by atoms with E-state index in [1.807, 2.05) is 6.07 Å². The van der Waals surface area contributed by atoms with E-state index in [1.165, 1.54) is 31.4 Å². The summed E-state index contributed by atoms with van der Waals surface area (Å²) in [4.78, 5) is 22.1. The van der Waals surface area contributed by atoms with Gasteiger partial charge in [0.05, 0.1) is 23.7 Å². The highest BCUT2D eigenvalue weighted by Gasteiger charge is 2.15. The fourth-order valence-corrected chi connectivity index (χ4v) is 1.91. The molecule has 122 valence electrons. The Hall–Kier alpha value is -3.60. The standard InChI is InChI=1S/C16H13N3O5/c1-23-15-8-13(5-6-14(15)19(21)22)24-10-16(20)18-12-4-2-3-11(7-12)9-17/h2-8H,10H2,1H3,(H,18,20). The smallest absolute Gasteiger partial charge is 0.311 e. The Morgan fingerprint density at radius 2 is 2.12 bits per heavy atom. The maximum atomic E-state index is 11.9. The van der Waals surface area contributed by atoms with E-state index in [0.717, 1.165) is 0 Å². The lowest BCUT2D eigenvalue weighted by Crippen LogP contribution is -2.20. The first kappa shape index (κ1) is 16.8. The number of amides is 1. The van der Waals surface area contributed by atoms with E-state index in [4.69, 9.17) is 14.7 Å². The molecular weight excluding hydrogens is 314 g/mol. The molecule has 0 spiro atoms. The lowest BCUT2D eigenvalue weighted by Gasteiger charge is -2.09. The zero-order valence-corrected chi connectivity index (χ0v) is 12.7. The Morgan fingerprint density at radius 1 is 1.33 bits per heavy atom. The van der Waals surface area contributed by atoms with Crippen molar-refractivity contribution in [2.24, 2.45) is 0 Å². The van der Waals surface area contributed by atoms with Gasteiger partial charge in [-0.05, 0) is 24.3 Å². The molecule has 0 saturated heterocycles. The highest BCUT2D eigenvalue weighted by Crippen LogP contribution is 2.30. The Bertz CT molecular complexity index is 814. The molecule has 0 bridgehead atoms. The average molecular weight is 327 g/mol. The van der Waals surface area contributed by atoms with Crippen molar-refractivity contribution >= 4 is 17.3 Å². The summed E-state index contributed by atoms with van der Waals surface area (Å²) in [6, 6.07) is 12.4. The number of anilines is 1. The molecule has 8 nitrogen and oxygen atoms in total. The minimum absolute atomic E-state index is 0.0413. The summed E-state index contributed by atoms with van der Waals surface area (Å²) in [6.45, 7) is -0.294. The van der Waals surface area contributed by atoms with Crippen molar-refractivity contribution in [2.45, 2.75) is 0 Å². The minimum Gasteiger partial charge on any atom is -0.490 e. The number of nitriles is 1. The summed E-state index contributed by atoms with van der Waals surface area (Å²) in [5, 5.41) is 22.2. The third-order valence-electron chi connectivity index (χ3n) is 2.99. The Morgan fingerprint density at radius 3 is 2.79 bits per heavy atom. The SMILES string of the molecule is COc1cc(OCC(=O)Nc2cccc(C#N)c2)ccc1[N+](=O)[O-]. The molecule has 0 aromatic heterocycles. The average Bonchev–Trinajstić information content (AvgIpc) is 2.59. The lowest BCUT2D eigenvalue weighted by molar-refractivity contribution is -0.385. The number of benzene rings is 2. The molecule has 8 heteroatoms. The van der Waals surface area contributed by atoms with Crippen LogP contribution in [-0.4, -0.2) is 24.5 Å².